The Hall–Kier alpha value is -2.56. The lowest BCUT2D eigenvalue weighted by atomic mass is 10.2. The molecular weight excluding hydrogens is 287 g/mol. The van der Waals surface area contributed by atoms with E-state index in [2.05, 4.69) is 4.98 Å². The number of ether oxygens (including phenoxy) is 1. The van der Waals surface area contributed by atoms with Gasteiger partial charge >= 0.3 is 12.9 Å². The Labute approximate surface area is 118 Å². The van der Waals surface area contributed by atoms with E-state index in [1.54, 1.807) is 12.1 Å². The summed E-state index contributed by atoms with van der Waals surface area (Å²) in [5, 5.41) is 8.87. The van der Waals surface area contributed by atoms with Crippen LogP contribution >= 0.6 is 0 Å². The molecule has 8 heteroatoms. The Morgan fingerprint density at radius 2 is 1.57 bits per heavy atom. The monoisotopic (exact) mass is 298 g/mol. The van der Waals surface area contributed by atoms with Crippen molar-refractivity contribution in [2.24, 2.45) is 0 Å². The van der Waals surface area contributed by atoms with Crippen LogP contribution in [0, 0.1) is 12.3 Å². The first-order valence-corrected chi connectivity index (χ1v) is 5.85. The summed E-state index contributed by atoms with van der Waals surface area (Å²) in [4.78, 5) is 3.20. The van der Waals surface area contributed by atoms with Gasteiger partial charge in [-0.05, 0) is 30.7 Å². The Morgan fingerprint density at radius 3 is 2.10 bits per heavy atom. The number of nitrogens with zero attached hydrogens (tertiary/aromatic N) is 2. The zero-order chi connectivity index (χ0) is 15.9. The van der Waals surface area contributed by atoms with Gasteiger partial charge in [0.25, 0.3) is 0 Å². The topological polar surface area (TPSA) is 37.4 Å². The van der Waals surface area contributed by atoms with Crippen molar-refractivity contribution in [3.8, 4) is 11.5 Å². The standard InChI is InChI=1S/C13H11N2O.BF4/c1-10-7-8-13(12(9-10)15-14)16-11-5-3-2-4-6-11;2-1(3,4)5/h2-9H,1H3;/q+1;-1. The average molecular weight is 298 g/mol. The van der Waals surface area contributed by atoms with E-state index in [4.69, 9.17) is 10.1 Å². The molecule has 21 heavy (non-hydrogen) atoms. The van der Waals surface area contributed by atoms with Gasteiger partial charge < -0.3 is 22.0 Å². The maximum absolute atomic E-state index is 9.75. The first-order valence-electron chi connectivity index (χ1n) is 5.85. The number of diazo groups is 1. The minimum Gasteiger partial charge on any atom is -0.449 e. The second-order valence-corrected chi connectivity index (χ2v) is 3.98. The fourth-order valence-electron chi connectivity index (χ4n) is 1.41. The molecule has 2 aromatic carbocycles. The van der Waals surface area contributed by atoms with E-state index in [9.17, 15) is 17.3 Å². The van der Waals surface area contributed by atoms with Gasteiger partial charge in [-0.25, -0.2) is 0 Å². The van der Waals surface area contributed by atoms with Crippen molar-refractivity contribution in [2.75, 3.05) is 0 Å². The molecule has 0 unspecified atom stereocenters. The zero-order valence-corrected chi connectivity index (χ0v) is 11.0. The molecule has 0 amide bonds. The predicted molar refractivity (Wildman–Crippen MR) is 72.6 cm³/mol. The molecule has 0 saturated carbocycles. The minimum absolute atomic E-state index is 0.434. The molecule has 2 rings (SSSR count). The van der Waals surface area contributed by atoms with Crippen molar-refractivity contribution in [3.63, 3.8) is 0 Å². The van der Waals surface area contributed by atoms with E-state index in [0.29, 0.717) is 11.4 Å². The van der Waals surface area contributed by atoms with Crippen LogP contribution in [0.1, 0.15) is 5.56 Å². The van der Waals surface area contributed by atoms with E-state index >= 15 is 0 Å². The average Bonchev–Trinajstić information content (AvgIpc) is 2.40. The highest BCUT2D eigenvalue weighted by Gasteiger charge is 2.20. The first-order chi connectivity index (χ1) is 9.79. The Bertz CT molecular complexity index is 620. The summed E-state index contributed by atoms with van der Waals surface area (Å²) in [6, 6.07) is 14.8. The fraction of sp³-hybridized carbons (Fsp3) is 0.0769. The Kier molecular flexibility index (Phi) is 5.72. The molecule has 0 aliphatic heterocycles. The van der Waals surface area contributed by atoms with Gasteiger partial charge in [-0.3, -0.25) is 0 Å². The van der Waals surface area contributed by atoms with Gasteiger partial charge in [-0.1, -0.05) is 24.3 Å². The SMILES string of the molecule is Cc1ccc(Oc2ccccc2)c([N+]#N)c1.F[B-](F)(F)F. The molecule has 0 aromatic heterocycles. The van der Waals surface area contributed by atoms with E-state index in [0.717, 1.165) is 11.3 Å². The van der Waals surface area contributed by atoms with E-state index < -0.39 is 7.25 Å². The van der Waals surface area contributed by atoms with E-state index in [-0.39, 0.29) is 0 Å². The molecule has 0 N–H and O–H groups in total. The van der Waals surface area contributed by atoms with Crippen LogP contribution < -0.4 is 4.74 Å². The third kappa shape index (κ3) is 6.96. The largest absolute Gasteiger partial charge is 0.673 e. The van der Waals surface area contributed by atoms with E-state index in [1.165, 1.54) is 0 Å². The van der Waals surface area contributed by atoms with Gasteiger partial charge in [0.1, 0.15) is 5.75 Å². The lowest BCUT2D eigenvalue weighted by molar-refractivity contribution is 0.368. The summed E-state index contributed by atoms with van der Waals surface area (Å²) in [5.74, 6) is 1.26. The third-order valence-electron chi connectivity index (χ3n) is 2.19. The molecule has 0 heterocycles. The lowest BCUT2D eigenvalue weighted by Crippen LogP contribution is -2.02. The molecule has 110 valence electrons. The predicted octanol–water partition coefficient (Wildman–Crippen LogP) is 5.57. The van der Waals surface area contributed by atoms with Gasteiger partial charge in [0, 0.05) is 6.07 Å². The second-order valence-electron chi connectivity index (χ2n) is 3.98. The van der Waals surface area contributed by atoms with Crippen LogP contribution in [-0.2, 0) is 0 Å². The second kappa shape index (κ2) is 7.29. The molecule has 0 fully saturated rings. The van der Waals surface area contributed by atoms with Crippen molar-refractivity contribution in [2.45, 2.75) is 6.92 Å². The Morgan fingerprint density at radius 1 is 1.00 bits per heavy atom. The van der Waals surface area contributed by atoms with Crippen molar-refractivity contribution in [1.29, 1.82) is 5.39 Å². The van der Waals surface area contributed by atoms with Gasteiger partial charge in [0.15, 0.2) is 4.98 Å². The van der Waals surface area contributed by atoms with Crippen molar-refractivity contribution in [3.05, 3.63) is 59.1 Å². The first kappa shape index (κ1) is 16.5. The van der Waals surface area contributed by atoms with Crippen LogP contribution in [0.3, 0.4) is 0 Å². The molecule has 0 spiro atoms. The lowest BCUT2D eigenvalue weighted by Gasteiger charge is -2.02. The quantitative estimate of drug-likeness (QED) is 0.413. The smallest absolute Gasteiger partial charge is 0.449 e. The van der Waals surface area contributed by atoms with Crippen LogP contribution in [-0.4, -0.2) is 7.25 Å². The highest BCUT2D eigenvalue weighted by molar-refractivity contribution is 6.50. The number of para-hydroxylation sites is 1. The molecule has 0 atom stereocenters. The summed E-state index contributed by atoms with van der Waals surface area (Å²) in [6.45, 7) is 1.93. The van der Waals surface area contributed by atoms with Crippen molar-refractivity contribution < 1.29 is 22.0 Å². The van der Waals surface area contributed by atoms with Crippen molar-refractivity contribution in [1.82, 2.24) is 0 Å². The number of halogens is 4. The summed E-state index contributed by atoms with van der Waals surface area (Å²) in [5.41, 5.74) is 1.46. The summed E-state index contributed by atoms with van der Waals surface area (Å²) in [6.07, 6.45) is 0. The number of benzene rings is 2. The van der Waals surface area contributed by atoms with Gasteiger partial charge in [-0.15, -0.1) is 0 Å². The molecule has 3 nitrogen and oxygen atoms in total. The fourth-order valence-corrected chi connectivity index (χ4v) is 1.41. The van der Waals surface area contributed by atoms with Gasteiger partial charge in [0.2, 0.25) is 11.1 Å². The van der Waals surface area contributed by atoms with Crippen molar-refractivity contribution >= 4 is 12.9 Å². The number of aryl methyl sites for hydroxylation is 1. The molecule has 0 aliphatic rings. The molecule has 2 aromatic rings. The molecule has 0 saturated heterocycles. The highest BCUT2D eigenvalue weighted by atomic mass is 19.5. The normalized spacial score (nSPS) is 10.1. The molecule has 0 radical (unpaired) electrons. The van der Waals surface area contributed by atoms with Crippen LogP contribution in [0.25, 0.3) is 4.98 Å². The summed E-state index contributed by atoms with van der Waals surface area (Å²) < 4.78 is 44.6. The molecule has 0 aliphatic carbocycles. The number of rotatable bonds is 2. The van der Waals surface area contributed by atoms with Crippen LogP contribution in [0.2, 0.25) is 0 Å². The zero-order valence-electron chi connectivity index (χ0n) is 11.0. The van der Waals surface area contributed by atoms with E-state index in [1.807, 2.05) is 43.3 Å². The summed E-state index contributed by atoms with van der Waals surface area (Å²) in [7, 11) is -6.00. The minimum atomic E-state index is -6.00. The number of hydrogen-bond donors (Lipinski definition) is 0. The van der Waals surface area contributed by atoms with Crippen LogP contribution in [0.5, 0.6) is 11.5 Å². The maximum atomic E-state index is 9.75. The van der Waals surface area contributed by atoms with Crippen LogP contribution in [0.15, 0.2) is 48.5 Å². The summed E-state index contributed by atoms with van der Waals surface area (Å²) >= 11 is 0. The van der Waals surface area contributed by atoms with Gasteiger partial charge in [-0.2, -0.15) is 0 Å². The third-order valence-corrected chi connectivity index (χ3v) is 2.19. The Balaban J connectivity index is 0.000000383. The number of hydrogen-bond acceptors (Lipinski definition) is 2. The van der Waals surface area contributed by atoms with Crippen LogP contribution in [0.4, 0.5) is 23.0 Å². The molecule has 0 bridgehead atoms. The van der Waals surface area contributed by atoms with Gasteiger partial charge in [0.05, 0.1) is 0 Å². The molecular formula is C13H11BF4N2O. The maximum Gasteiger partial charge on any atom is 0.673 e. The highest BCUT2D eigenvalue weighted by Crippen LogP contribution is 2.32.